The van der Waals surface area contributed by atoms with Crippen molar-refractivity contribution in [3.63, 3.8) is 0 Å². The van der Waals surface area contributed by atoms with Crippen LogP contribution in [0.25, 0.3) is 0 Å². The third-order valence-corrected chi connectivity index (χ3v) is 4.34. The van der Waals surface area contributed by atoms with Gasteiger partial charge in [0.25, 0.3) is 0 Å². The lowest BCUT2D eigenvalue weighted by atomic mass is 10.2. The molecule has 1 aliphatic rings. The van der Waals surface area contributed by atoms with Crippen molar-refractivity contribution in [1.29, 1.82) is 0 Å². The Morgan fingerprint density at radius 3 is 2.94 bits per heavy atom. The maximum absolute atomic E-state index is 13.6. The normalized spacial score (nSPS) is 20.4. The van der Waals surface area contributed by atoms with Gasteiger partial charge in [-0.2, -0.15) is 4.31 Å². The van der Waals surface area contributed by atoms with E-state index in [1.165, 1.54) is 16.4 Å². The Hall–Kier alpha value is -0.690. The molecule has 94 valence electrons. The van der Waals surface area contributed by atoms with Crippen molar-refractivity contribution in [2.24, 2.45) is 0 Å². The fourth-order valence-electron chi connectivity index (χ4n) is 1.58. The molecule has 0 aliphatic carbocycles. The largest absolute Gasteiger partial charge is 0.363 e. The average molecular weight is 280 g/mol. The molecule has 1 fully saturated rings. The van der Waals surface area contributed by atoms with E-state index in [1.807, 2.05) is 0 Å². The van der Waals surface area contributed by atoms with Crippen LogP contribution in [0.5, 0.6) is 0 Å². The van der Waals surface area contributed by atoms with E-state index in [4.69, 9.17) is 16.3 Å². The summed E-state index contributed by atoms with van der Waals surface area (Å²) < 4.78 is 42.9. The van der Waals surface area contributed by atoms with Gasteiger partial charge in [-0.05, 0) is 6.07 Å². The summed E-state index contributed by atoms with van der Waals surface area (Å²) in [6, 6.07) is 4.54. The maximum atomic E-state index is 13.6. The van der Waals surface area contributed by atoms with Crippen LogP contribution in [0.1, 0.15) is 5.56 Å². The lowest BCUT2D eigenvalue weighted by Crippen LogP contribution is -2.40. The second-order valence-electron chi connectivity index (χ2n) is 3.68. The predicted octanol–water partition coefficient (Wildman–Crippen LogP) is 1.60. The summed E-state index contributed by atoms with van der Waals surface area (Å²) in [4.78, 5) is 0. The third kappa shape index (κ3) is 2.77. The molecule has 7 heteroatoms. The number of nitrogens with zero attached hydrogens (tertiary/aromatic N) is 1. The molecule has 1 heterocycles. The molecule has 1 saturated heterocycles. The summed E-state index contributed by atoms with van der Waals surface area (Å²) in [7, 11) is -3.45. The van der Waals surface area contributed by atoms with Gasteiger partial charge in [-0.1, -0.05) is 23.7 Å². The second kappa shape index (κ2) is 4.89. The van der Waals surface area contributed by atoms with Gasteiger partial charge in [0.2, 0.25) is 10.0 Å². The highest BCUT2D eigenvalue weighted by Gasteiger charge is 2.27. The Kier molecular flexibility index (Phi) is 3.67. The van der Waals surface area contributed by atoms with Crippen LogP contribution < -0.4 is 0 Å². The summed E-state index contributed by atoms with van der Waals surface area (Å²) in [5.74, 6) is -0.925. The molecule has 1 aromatic carbocycles. The lowest BCUT2D eigenvalue weighted by molar-refractivity contribution is 0.130. The molecule has 0 unspecified atom stereocenters. The van der Waals surface area contributed by atoms with Gasteiger partial charge in [0, 0.05) is 18.7 Å². The minimum Gasteiger partial charge on any atom is -0.363 e. The molecule has 0 amide bonds. The highest BCUT2D eigenvalue weighted by atomic mass is 35.5. The van der Waals surface area contributed by atoms with Crippen LogP contribution >= 0.6 is 11.6 Å². The van der Waals surface area contributed by atoms with Gasteiger partial charge in [0.15, 0.2) is 5.94 Å². The Labute approximate surface area is 104 Å². The number of rotatable bonds is 2. The van der Waals surface area contributed by atoms with Crippen LogP contribution in [0.4, 0.5) is 4.39 Å². The van der Waals surface area contributed by atoms with E-state index >= 15 is 0 Å². The standard InChI is InChI=1S/C10H11ClFNO3S/c11-9-3-1-2-8(10(9)12)6-13-4-5-16-7-17(13,14)15/h1-3H,4-7H2. The van der Waals surface area contributed by atoms with E-state index in [-0.39, 0.29) is 29.6 Å². The number of hydrogen-bond acceptors (Lipinski definition) is 3. The molecule has 0 atom stereocenters. The zero-order chi connectivity index (χ0) is 12.5. The molecule has 0 N–H and O–H groups in total. The molecule has 2 rings (SSSR count). The van der Waals surface area contributed by atoms with Crippen LogP contribution in [0.3, 0.4) is 0 Å². The fraction of sp³-hybridized carbons (Fsp3) is 0.400. The smallest absolute Gasteiger partial charge is 0.238 e. The molecule has 17 heavy (non-hydrogen) atoms. The van der Waals surface area contributed by atoms with E-state index in [1.54, 1.807) is 6.07 Å². The minimum atomic E-state index is -3.45. The molecule has 0 aromatic heterocycles. The van der Waals surface area contributed by atoms with Gasteiger partial charge in [-0.15, -0.1) is 0 Å². The third-order valence-electron chi connectivity index (χ3n) is 2.49. The van der Waals surface area contributed by atoms with Crippen LogP contribution in [0, 0.1) is 5.82 Å². The lowest BCUT2D eigenvalue weighted by Gasteiger charge is -2.26. The van der Waals surface area contributed by atoms with Crippen LogP contribution in [0.2, 0.25) is 5.02 Å². The number of ether oxygens (including phenoxy) is 1. The first-order valence-electron chi connectivity index (χ1n) is 4.99. The first kappa shape index (κ1) is 12.8. The highest BCUT2D eigenvalue weighted by Crippen LogP contribution is 2.21. The van der Waals surface area contributed by atoms with Crippen molar-refractivity contribution < 1.29 is 17.5 Å². The average Bonchev–Trinajstić information content (AvgIpc) is 2.27. The van der Waals surface area contributed by atoms with Crippen LogP contribution in [-0.4, -0.2) is 31.8 Å². The zero-order valence-corrected chi connectivity index (χ0v) is 10.5. The molecular formula is C10H11ClFNO3S. The number of halogens is 2. The van der Waals surface area contributed by atoms with Crippen molar-refractivity contribution in [1.82, 2.24) is 4.31 Å². The molecule has 1 aliphatic heterocycles. The Morgan fingerprint density at radius 2 is 2.24 bits per heavy atom. The molecule has 4 nitrogen and oxygen atoms in total. The van der Waals surface area contributed by atoms with E-state index in [0.29, 0.717) is 6.61 Å². The fourth-order valence-corrected chi connectivity index (χ4v) is 2.94. The molecule has 1 aromatic rings. The summed E-state index contributed by atoms with van der Waals surface area (Å²) in [6.07, 6.45) is 0. The molecule has 0 radical (unpaired) electrons. The van der Waals surface area contributed by atoms with Gasteiger partial charge in [0.05, 0.1) is 11.6 Å². The van der Waals surface area contributed by atoms with Crippen molar-refractivity contribution in [2.45, 2.75) is 6.54 Å². The van der Waals surface area contributed by atoms with Gasteiger partial charge < -0.3 is 4.74 Å². The SMILES string of the molecule is O=S1(=O)COCCN1Cc1cccc(Cl)c1F. The van der Waals surface area contributed by atoms with Gasteiger partial charge in [0.1, 0.15) is 5.82 Å². The Morgan fingerprint density at radius 1 is 1.47 bits per heavy atom. The topological polar surface area (TPSA) is 46.6 Å². The molecule has 0 saturated carbocycles. The van der Waals surface area contributed by atoms with Crippen molar-refractivity contribution in [3.8, 4) is 0 Å². The van der Waals surface area contributed by atoms with Crippen LogP contribution in [0.15, 0.2) is 18.2 Å². The molecular weight excluding hydrogens is 269 g/mol. The van der Waals surface area contributed by atoms with E-state index in [0.717, 1.165) is 0 Å². The van der Waals surface area contributed by atoms with Gasteiger partial charge in [-0.25, -0.2) is 12.8 Å². The Balaban J connectivity index is 2.23. The maximum Gasteiger partial charge on any atom is 0.238 e. The first-order valence-corrected chi connectivity index (χ1v) is 6.98. The monoisotopic (exact) mass is 279 g/mol. The summed E-state index contributed by atoms with van der Waals surface area (Å²) in [6.45, 7) is 0.536. The number of hydrogen-bond donors (Lipinski definition) is 0. The first-order chi connectivity index (χ1) is 8.00. The highest BCUT2D eigenvalue weighted by molar-refractivity contribution is 7.88. The zero-order valence-electron chi connectivity index (χ0n) is 8.90. The van der Waals surface area contributed by atoms with Gasteiger partial charge >= 0.3 is 0 Å². The van der Waals surface area contributed by atoms with Crippen molar-refractivity contribution in [3.05, 3.63) is 34.6 Å². The second-order valence-corrected chi connectivity index (χ2v) is 6.01. The van der Waals surface area contributed by atoms with E-state index in [2.05, 4.69) is 0 Å². The minimum absolute atomic E-state index is 0.00634. The van der Waals surface area contributed by atoms with Gasteiger partial charge in [-0.3, -0.25) is 0 Å². The summed E-state index contributed by atoms with van der Waals surface area (Å²) in [5.41, 5.74) is 0.267. The van der Waals surface area contributed by atoms with Crippen molar-refractivity contribution >= 4 is 21.6 Å². The molecule has 0 bridgehead atoms. The number of sulfonamides is 1. The van der Waals surface area contributed by atoms with E-state index in [9.17, 15) is 12.8 Å². The van der Waals surface area contributed by atoms with E-state index < -0.39 is 15.8 Å². The van der Waals surface area contributed by atoms with Crippen LogP contribution in [-0.2, 0) is 21.3 Å². The van der Waals surface area contributed by atoms with Crippen molar-refractivity contribution in [2.75, 3.05) is 19.1 Å². The number of benzene rings is 1. The quantitative estimate of drug-likeness (QED) is 0.826. The Bertz CT molecular complexity index is 520. The summed E-state index contributed by atoms with van der Waals surface area (Å²) >= 11 is 5.63. The summed E-state index contributed by atoms with van der Waals surface area (Å²) in [5, 5.41) is -0.00634. The predicted molar refractivity (Wildman–Crippen MR) is 61.6 cm³/mol. The molecule has 0 spiro atoms.